The van der Waals surface area contributed by atoms with Crippen molar-refractivity contribution >= 4 is 38.9 Å². The van der Waals surface area contributed by atoms with Crippen molar-refractivity contribution in [2.24, 2.45) is 0 Å². The van der Waals surface area contributed by atoms with Gasteiger partial charge in [-0.3, -0.25) is 10.1 Å². The Kier molecular flexibility index (Phi) is 4.80. The predicted molar refractivity (Wildman–Crippen MR) is 84.3 cm³/mol. The highest BCUT2D eigenvalue weighted by Gasteiger charge is 2.14. The van der Waals surface area contributed by atoms with E-state index in [-0.39, 0.29) is 10.7 Å². The van der Waals surface area contributed by atoms with E-state index in [0.717, 1.165) is 0 Å². The average Bonchev–Trinajstić information content (AvgIpc) is 2.41. The molecule has 110 valence electrons. The van der Waals surface area contributed by atoms with E-state index < -0.39 is 10.7 Å². The second-order valence-corrected chi connectivity index (χ2v) is 5.74. The Morgan fingerprint density at radius 1 is 1.38 bits per heavy atom. The first-order valence-corrected chi connectivity index (χ1v) is 7.18. The number of benzene rings is 2. The van der Waals surface area contributed by atoms with Gasteiger partial charge in [-0.05, 0) is 46.6 Å². The Balaban J connectivity index is 2.21. The maximum Gasteiger partial charge on any atom is 0.274 e. The largest absolute Gasteiger partial charge is 0.380 e. The molecule has 0 saturated carbocycles. The van der Waals surface area contributed by atoms with Crippen LogP contribution in [-0.4, -0.2) is 4.92 Å². The third-order valence-electron chi connectivity index (χ3n) is 2.95. The zero-order chi connectivity index (χ0) is 15.6. The maximum absolute atomic E-state index is 13.3. The van der Waals surface area contributed by atoms with Crippen LogP contribution in [0.2, 0.25) is 5.02 Å². The van der Waals surface area contributed by atoms with Gasteiger partial charge in [0.25, 0.3) is 5.69 Å². The molecular formula is C14H11BrClFN2O2. The van der Waals surface area contributed by atoms with E-state index in [2.05, 4.69) is 21.2 Å². The molecule has 0 spiro atoms. The Hall–Kier alpha value is -1.66. The van der Waals surface area contributed by atoms with Gasteiger partial charge < -0.3 is 5.32 Å². The standard InChI is InChI=1S/C14H11BrClFN2O2/c1-8-4-10(15)13(6-14(8)19(20)21)18-7-9-2-3-11(16)12(17)5-9/h2-6,18H,7H2,1H3. The summed E-state index contributed by atoms with van der Waals surface area (Å²) >= 11 is 8.97. The highest BCUT2D eigenvalue weighted by Crippen LogP contribution is 2.31. The van der Waals surface area contributed by atoms with E-state index in [1.807, 2.05) is 0 Å². The minimum absolute atomic E-state index is 0.0305. The first-order valence-electron chi connectivity index (χ1n) is 6.01. The number of rotatable bonds is 4. The van der Waals surface area contributed by atoms with Crippen LogP contribution in [-0.2, 0) is 6.54 Å². The number of hydrogen-bond acceptors (Lipinski definition) is 3. The van der Waals surface area contributed by atoms with Crippen LogP contribution in [0, 0.1) is 22.9 Å². The molecule has 21 heavy (non-hydrogen) atoms. The molecule has 0 atom stereocenters. The first kappa shape index (κ1) is 15.7. The Bertz CT molecular complexity index is 710. The van der Waals surface area contributed by atoms with Gasteiger partial charge in [-0.25, -0.2) is 4.39 Å². The lowest BCUT2D eigenvalue weighted by Gasteiger charge is -2.10. The first-order chi connectivity index (χ1) is 9.88. The normalized spacial score (nSPS) is 10.5. The van der Waals surface area contributed by atoms with Gasteiger partial charge in [-0.1, -0.05) is 17.7 Å². The van der Waals surface area contributed by atoms with Crippen LogP contribution < -0.4 is 5.32 Å². The summed E-state index contributed by atoms with van der Waals surface area (Å²) in [5.41, 5.74) is 1.85. The van der Waals surface area contributed by atoms with E-state index >= 15 is 0 Å². The fourth-order valence-electron chi connectivity index (χ4n) is 1.84. The number of aryl methyl sites for hydroxylation is 1. The number of halogens is 3. The zero-order valence-electron chi connectivity index (χ0n) is 11.0. The van der Waals surface area contributed by atoms with Gasteiger partial charge in [-0.2, -0.15) is 0 Å². The number of hydrogen-bond donors (Lipinski definition) is 1. The lowest BCUT2D eigenvalue weighted by molar-refractivity contribution is -0.385. The van der Waals surface area contributed by atoms with Gasteiger partial charge in [0.1, 0.15) is 5.82 Å². The van der Waals surface area contributed by atoms with Crippen molar-refractivity contribution in [1.82, 2.24) is 0 Å². The topological polar surface area (TPSA) is 55.2 Å². The van der Waals surface area contributed by atoms with Gasteiger partial charge in [0.2, 0.25) is 0 Å². The molecule has 2 aromatic rings. The van der Waals surface area contributed by atoms with Crippen LogP contribution in [0.25, 0.3) is 0 Å². The summed E-state index contributed by atoms with van der Waals surface area (Å²) in [6.45, 7) is 1.99. The molecule has 0 aliphatic carbocycles. The summed E-state index contributed by atoms with van der Waals surface area (Å²) < 4.78 is 14.1. The van der Waals surface area contributed by atoms with Crippen LogP contribution in [0.5, 0.6) is 0 Å². The molecule has 0 radical (unpaired) electrons. The third kappa shape index (κ3) is 3.71. The van der Waals surface area contributed by atoms with E-state index in [1.54, 1.807) is 19.1 Å². The van der Waals surface area contributed by atoms with Gasteiger partial charge in [0.05, 0.1) is 15.6 Å². The van der Waals surface area contributed by atoms with E-state index in [9.17, 15) is 14.5 Å². The Morgan fingerprint density at radius 2 is 2.10 bits per heavy atom. The Labute approximate surface area is 134 Å². The van der Waals surface area contributed by atoms with Crippen molar-refractivity contribution in [1.29, 1.82) is 0 Å². The molecular weight excluding hydrogens is 363 g/mol. The lowest BCUT2D eigenvalue weighted by atomic mass is 10.1. The van der Waals surface area contributed by atoms with Crippen LogP contribution in [0.3, 0.4) is 0 Å². The van der Waals surface area contributed by atoms with Crippen molar-refractivity contribution < 1.29 is 9.31 Å². The SMILES string of the molecule is Cc1cc(Br)c(NCc2ccc(Cl)c(F)c2)cc1[N+](=O)[O-]. The lowest BCUT2D eigenvalue weighted by Crippen LogP contribution is -2.02. The van der Waals surface area contributed by atoms with Crippen molar-refractivity contribution in [2.75, 3.05) is 5.32 Å². The molecule has 0 heterocycles. The van der Waals surface area contributed by atoms with Gasteiger partial charge in [-0.15, -0.1) is 0 Å². The van der Waals surface area contributed by atoms with Crippen LogP contribution >= 0.6 is 27.5 Å². The highest BCUT2D eigenvalue weighted by molar-refractivity contribution is 9.10. The van der Waals surface area contributed by atoms with E-state index in [0.29, 0.717) is 27.8 Å². The molecule has 2 aromatic carbocycles. The summed E-state index contributed by atoms with van der Waals surface area (Å²) in [4.78, 5) is 10.5. The number of nitro benzene ring substituents is 1. The zero-order valence-corrected chi connectivity index (χ0v) is 13.3. The number of anilines is 1. The molecule has 4 nitrogen and oxygen atoms in total. The molecule has 0 unspecified atom stereocenters. The van der Waals surface area contributed by atoms with Crippen molar-refractivity contribution in [3.63, 3.8) is 0 Å². The fourth-order valence-corrected chi connectivity index (χ4v) is 2.56. The quantitative estimate of drug-likeness (QED) is 0.601. The molecule has 0 fully saturated rings. The number of nitrogens with zero attached hydrogens (tertiary/aromatic N) is 1. The van der Waals surface area contributed by atoms with Crippen molar-refractivity contribution in [2.45, 2.75) is 13.5 Å². The number of nitro groups is 1. The molecule has 0 aromatic heterocycles. The summed E-state index contributed by atoms with van der Waals surface area (Å²) in [6.07, 6.45) is 0. The van der Waals surface area contributed by atoms with Crippen LogP contribution in [0.4, 0.5) is 15.8 Å². The summed E-state index contributed by atoms with van der Waals surface area (Å²) in [7, 11) is 0. The second kappa shape index (κ2) is 6.41. The van der Waals surface area contributed by atoms with E-state index in [4.69, 9.17) is 11.6 Å². The molecule has 0 bridgehead atoms. The molecule has 7 heteroatoms. The average molecular weight is 374 g/mol. The van der Waals surface area contributed by atoms with Crippen molar-refractivity contribution in [3.05, 3.63) is 66.9 Å². The smallest absolute Gasteiger partial charge is 0.274 e. The van der Waals surface area contributed by atoms with Gasteiger partial charge >= 0.3 is 0 Å². The molecule has 2 rings (SSSR count). The van der Waals surface area contributed by atoms with Crippen molar-refractivity contribution in [3.8, 4) is 0 Å². The molecule has 0 amide bonds. The number of nitrogens with one attached hydrogen (secondary N) is 1. The molecule has 0 aliphatic heterocycles. The summed E-state index contributed by atoms with van der Waals surface area (Å²) in [6, 6.07) is 7.61. The van der Waals surface area contributed by atoms with Gasteiger partial charge in [0.15, 0.2) is 0 Å². The predicted octanol–water partition coefficient (Wildman–Crippen LogP) is 5.07. The molecule has 1 N–H and O–H groups in total. The van der Waals surface area contributed by atoms with E-state index in [1.165, 1.54) is 18.2 Å². The maximum atomic E-state index is 13.3. The molecule has 0 aliphatic rings. The fraction of sp³-hybridized carbons (Fsp3) is 0.143. The van der Waals surface area contributed by atoms with Gasteiger partial charge in [0, 0.05) is 22.6 Å². The Morgan fingerprint density at radius 3 is 2.71 bits per heavy atom. The highest BCUT2D eigenvalue weighted by atomic mass is 79.9. The minimum Gasteiger partial charge on any atom is -0.380 e. The van der Waals surface area contributed by atoms with Crippen LogP contribution in [0.15, 0.2) is 34.8 Å². The third-order valence-corrected chi connectivity index (χ3v) is 3.91. The second-order valence-electron chi connectivity index (χ2n) is 4.48. The van der Waals surface area contributed by atoms with Crippen LogP contribution in [0.1, 0.15) is 11.1 Å². The molecule has 0 saturated heterocycles. The summed E-state index contributed by atoms with van der Waals surface area (Å²) in [5, 5.41) is 14.0. The monoisotopic (exact) mass is 372 g/mol. The summed E-state index contributed by atoms with van der Waals surface area (Å²) in [5.74, 6) is -0.495. The minimum atomic E-state index is -0.495.